The van der Waals surface area contributed by atoms with Crippen LogP contribution in [0.3, 0.4) is 0 Å². The Bertz CT molecular complexity index is 835. The van der Waals surface area contributed by atoms with Crippen molar-refractivity contribution >= 4 is 11.6 Å². The molecule has 2 heterocycles. The first-order chi connectivity index (χ1) is 12.3. The molecule has 0 unspecified atom stereocenters. The molecule has 1 N–H and O–H groups in total. The van der Waals surface area contributed by atoms with Crippen molar-refractivity contribution in [3.8, 4) is 0 Å². The monoisotopic (exact) mass is 363 g/mol. The van der Waals surface area contributed by atoms with E-state index in [4.69, 9.17) is 0 Å². The van der Waals surface area contributed by atoms with Crippen molar-refractivity contribution in [1.29, 1.82) is 0 Å². The summed E-state index contributed by atoms with van der Waals surface area (Å²) in [4.78, 5) is 16.2. The number of hydrogen-bond donors (Lipinski definition) is 1. The number of hydrazone groups is 1. The van der Waals surface area contributed by atoms with E-state index in [1.807, 2.05) is 6.92 Å². The number of carbonyl (C=O) groups excluding carboxylic acids is 1. The van der Waals surface area contributed by atoms with Crippen LogP contribution in [-0.2, 0) is 6.42 Å². The number of carbonyl (C=O) groups is 1. The number of hydrogen-bond acceptors (Lipinski definition) is 4. The average molecular weight is 363 g/mol. The number of halogens is 3. The molecule has 8 heteroatoms. The molecule has 0 radical (unpaired) electrons. The summed E-state index contributed by atoms with van der Waals surface area (Å²) in [5, 5.41) is 14.2. The standard InChI is InChI=1S/C18H16F3N3O2/c1-2-12-5-7-13(8-6-12)15-10-17(26,18(19,20)21)24(23-15)16(25)14-4-3-9-22-11-14/h3-9,11,26H,2,10H2,1H3/t17-/m1/s1. The Labute approximate surface area is 147 Å². The predicted octanol–water partition coefficient (Wildman–Crippen LogP) is 3.15. The van der Waals surface area contributed by atoms with Crippen LogP contribution >= 0.6 is 0 Å². The van der Waals surface area contributed by atoms with Gasteiger partial charge in [0.15, 0.2) is 0 Å². The van der Waals surface area contributed by atoms with E-state index in [2.05, 4.69) is 10.1 Å². The molecular weight excluding hydrogens is 347 g/mol. The highest BCUT2D eigenvalue weighted by Gasteiger charge is 2.63. The second kappa shape index (κ2) is 6.53. The smallest absolute Gasteiger partial charge is 0.362 e. The number of aryl methyl sites for hydroxylation is 1. The van der Waals surface area contributed by atoms with Crippen molar-refractivity contribution in [2.75, 3.05) is 0 Å². The largest absolute Gasteiger partial charge is 0.438 e. The van der Waals surface area contributed by atoms with Gasteiger partial charge in [-0.2, -0.15) is 23.3 Å². The van der Waals surface area contributed by atoms with Gasteiger partial charge in [0.05, 0.1) is 17.7 Å². The van der Waals surface area contributed by atoms with Crippen molar-refractivity contribution in [3.05, 3.63) is 65.5 Å². The molecule has 0 saturated heterocycles. The lowest BCUT2D eigenvalue weighted by Gasteiger charge is -2.32. The maximum atomic E-state index is 13.5. The molecule has 2 aromatic rings. The van der Waals surface area contributed by atoms with Gasteiger partial charge in [-0.05, 0) is 29.7 Å². The van der Waals surface area contributed by atoms with Gasteiger partial charge in [0.2, 0.25) is 0 Å². The van der Waals surface area contributed by atoms with E-state index in [0.717, 1.165) is 18.2 Å². The Morgan fingerprint density at radius 2 is 1.96 bits per heavy atom. The maximum Gasteiger partial charge on any atom is 0.438 e. The number of aliphatic hydroxyl groups is 1. The van der Waals surface area contributed by atoms with Crippen molar-refractivity contribution < 1.29 is 23.1 Å². The Kier molecular flexibility index (Phi) is 4.53. The van der Waals surface area contributed by atoms with Crippen molar-refractivity contribution in [1.82, 2.24) is 9.99 Å². The fraction of sp³-hybridized carbons (Fsp3) is 0.278. The first-order valence-electron chi connectivity index (χ1n) is 7.97. The third kappa shape index (κ3) is 3.08. The third-order valence-corrected chi connectivity index (χ3v) is 4.24. The minimum Gasteiger partial charge on any atom is -0.362 e. The molecule has 5 nitrogen and oxygen atoms in total. The third-order valence-electron chi connectivity index (χ3n) is 4.24. The molecule has 1 aliphatic heterocycles. The van der Waals surface area contributed by atoms with Crippen molar-refractivity contribution in [3.63, 3.8) is 0 Å². The van der Waals surface area contributed by atoms with E-state index < -0.39 is 24.2 Å². The van der Waals surface area contributed by atoms with Crippen LogP contribution in [0.15, 0.2) is 53.9 Å². The number of pyridine rings is 1. The van der Waals surface area contributed by atoms with E-state index in [-0.39, 0.29) is 16.3 Å². The van der Waals surface area contributed by atoms with E-state index in [1.165, 1.54) is 18.3 Å². The number of amides is 1. The van der Waals surface area contributed by atoms with Crippen LogP contribution in [0.2, 0.25) is 0 Å². The fourth-order valence-electron chi connectivity index (χ4n) is 2.69. The van der Waals surface area contributed by atoms with Crippen LogP contribution in [0.1, 0.15) is 34.8 Å². The molecule has 1 aromatic heterocycles. The summed E-state index contributed by atoms with van der Waals surface area (Å²) in [5.74, 6) is -1.07. The SMILES string of the molecule is CCc1ccc(C2=NN(C(=O)c3cccnc3)[C@](O)(C(F)(F)F)C2)cc1. The second-order valence-corrected chi connectivity index (χ2v) is 5.95. The summed E-state index contributed by atoms with van der Waals surface area (Å²) in [6, 6.07) is 9.55. The highest BCUT2D eigenvalue weighted by atomic mass is 19.4. The van der Waals surface area contributed by atoms with Gasteiger partial charge in [-0.3, -0.25) is 9.78 Å². The maximum absolute atomic E-state index is 13.5. The average Bonchev–Trinajstić information content (AvgIpc) is 3.01. The van der Waals surface area contributed by atoms with Gasteiger partial charge in [-0.15, -0.1) is 0 Å². The molecule has 0 spiro atoms. The molecule has 0 bridgehead atoms. The lowest BCUT2D eigenvalue weighted by Crippen LogP contribution is -2.56. The normalized spacial score (nSPS) is 20.2. The van der Waals surface area contributed by atoms with Crippen LogP contribution in [-0.4, -0.2) is 38.6 Å². The molecule has 1 aliphatic rings. The molecule has 1 amide bonds. The lowest BCUT2D eigenvalue weighted by molar-refractivity contribution is -0.297. The highest BCUT2D eigenvalue weighted by molar-refractivity contribution is 6.05. The zero-order valence-corrected chi connectivity index (χ0v) is 13.9. The van der Waals surface area contributed by atoms with Gasteiger partial charge < -0.3 is 5.11 Å². The summed E-state index contributed by atoms with van der Waals surface area (Å²) in [7, 11) is 0. The van der Waals surface area contributed by atoms with Gasteiger partial charge >= 0.3 is 6.18 Å². The van der Waals surface area contributed by atoms with Gasteiger partial charge in [0.25, 0.3) is 11.6 Å². The molecular formula is C18H16F3N3O2. The van der Waals surface area contributed by atoms with Gasteiger partial charge in [-0.25, -0.2) is 0 Å². The zero-order valence-electron chi connectivity index (χ0n) is 13.9. The molecule has 3 rings (SSSR count). The van der Waals surface area contributed by atoms with E-state index in [1.54, 1.807) is 24.3 Å². The highest BCUT2D eigenvalue weighted by Crippen LogP contribution is 2.41. The summed E-state index contributed by atoms with van der Waals surface area (Å²) in [6.07, 6.45) is -2.61. The first-order valence-corrected chi connectivity index (χ1v) is 7.97. The number of benzene rings is 1. The van der Waals surface area contributed by atoms with E-state index in [9.17, 15) is 23.1 Å². The molecule has 136 valence electrons. The van der Waals surface area contributed by atoms with Gasteiger partial charge in [-0.1, -0.05) is 31.2 Å². The Morgan fingerprint density at radius 1 is 1.27 bits per heavy atom. The summed E-state index contributed by atoms with van der Waals surface area (Å²) in [5.41, 5.74) is -2.07. The van der Waals surface area contributed by atoms with Crippen LogP contribution < -0.4 is 0 Å². The molecule has 0 aliphatic carbocycles. The Hall–Kier alpha value is -2.74. The Balaban J connectivity index is 2.02. The zero-order chi connectivity index (χ0) is 18.9. The number of aromatic nitrogens is 1. The topological polar surface area (TPSA) is 65.8 Å². The van der Waals surface area contributed by atoms with Crippen LogP contribution in [0.4, 0.5) is 13.2 Å². The summed E-state index contributed by atoms with van der Waals surface area (Å²) in [6.45, 7) is 1.96. The van der Waals surface area contributed by atoms with Crippen LogP contribution in [0, 0.1) is 0 Å². The minimum atomic E-state index is -5.07. The molecule has 1 aromatic carbocycles. The molecule has 0 saturated carbocycles. The van der Waals surface area contributed by atoms with E-state index in [0.29, 0.717) is 5.56 Å². The number of alkyl halides is 3. The van der Waals surface area contributed by atoms with Crippen molar-refractivity contribution in [2.45, 2.75) is 31.7 Å². The fourth-order valence-corrected chi connectivity index (χ4v) is 2.69. The lowest BCUT2D eigenvalue weighted by atomic mass is 9.99. The van der Waals surface area contributed by atoms with Crippen molar-refractivity contribution in [2.24, 2.45) is 5.10 Å². The molecule has 0 fully saturated rings. The number of nitrogens with zero attached hydrogens (tertiary/aromatic N) is 3. The van der Waals surface area contributed by atoms with E-state index >= 15 is 0 Å². The minimum absolute atomic E-state index is 0.00952. The molecule has 1 atom stereocenters. The van der Waals surface area contributed by atoms with Crippen LogP contribution in [0.5, 0.6) is 0 Å². The molecule has 26 heavy (non-hydrogen) atoms. The van der Waals surface area contributed by atoms with Gasteiger partial charge in [0, 0.05) is 12.4 Å². The first kappa shape index (κ1) is 18.1. The number of rotatable bonds is 3. The summed E-state index contributed by atoms with van der Waals surface area (Å²) < 4.78 is 40.6. The predicted molar refractivity (Wildman–Crippen MR) is 88.4 cm³/mol. The van der Waals surface area contributed by atoms with Gasteiger partial charge in [0.1, 0.15) is 0 Å². The second-order valence-electron chi connectivity index (χ2n) is 5.95. The van der Waals surface area contributed by atoms with Crippen LogP contribution in [0.25, 0.3) is 0 Å². The quantitative estimate of drug-likeness (QED) is 0.911. The summed E-state index contributed by atoms with van der Waals surface area (Å²) >= 11 is 0. The Morgan fingerprint density at radius 3 is 2.50 bits per heavy atom.